The fourth-order valence-electron chi connectivity index (χ4n) is 2.41. The molecule has 2 rings (SSSR count). The number of carbonyl (C=O) groups is 1. The quantitative estimate of drug-likeness (QED) is 0.896. The predicted octanol–water partition coefficient (Wildman–Crippen LogP) is 1.73. The number of nitrogens with one attached hydrogen (secondary N) is 1. The van der Waals surface area contributed by atoms with Crippen LogP contribution in [-0.2, 0) is 6.54 Å². The molecule has 1 N–H and O–H groups in total. The smallest absolute Gasteiger partial charge is 0.317 e. The van der Waals surface area contributed by atoms with Gasteiger partial charge in [-0.1, -0.05) is 23.7 Å². The summed E-state index contributed by atoms with van der Waals surface area (Å²) >= 11 is 5.85. The lowest BCUT2D eigenvalue weighted by atomic mass is 10.2. The number of likely N-dealkylation sites (N-methyl/N-ethyl adjacent to an activating group) is 1. The van der Waals surface area contributed by atoms with Crippen molar-refractivity contribution in [2.24, 2.45) is 0 Å². The summed E-state index contributed by atoms with van der Waals surface area (Å²) in [5.74, 6) is 0. The van der Waals surface area contributed by atoms with Crippen molar-refractivity contribution in [2.75, 3.05) is 53.4 Å². The van der Waals surface area contributed by atoms with E-state index in [1.54, 1.807) is 0 Å². The van der Waals surface area contributed by atoms with Crippen molar-refractivity contribution >= 4 is 17.6 Å². The molecule has 1 aliphatic rings. The highest BCUT2D eigenvalue weighted by atomic mass is 35.5. The standard InChI is InChI=1S/C16H25ClN4O/c1-19(2)7-8-20-9-11-21(12-10-20)16(22)18-13-14-3-5-15(17)6-4-14/h3-6H,7-13H2,1-2H3,(H,18,22). The van der Waals surface area contributed by atoms with Gasteiger partial charge >= 0.3 is 6.03 Å². The molecular weight excluding hydrogens is 300 g/mol. The van der Waals surface area contributed by atoms with E-state index in [-0.39, 0.29) is 6.03 Å². The van der Waals surface area contributed by atoms with Crippen molar-refractivity contribution in [3.05, 3.63) is 34.9 Å². The van der Waals surface area contributed by atoms with E-state index in [4.69, 9.17) is 11.6 Å². The number of piperazine rings is 1. The molecule has 0 unspecified atom stereocenters. The first-order valence-electron chi connectivity index (χ1n) is 7.69. The Bertz CT molecular complexity index is 470. The third kappa shape index (κ3) is 5.48. The minimum Gasteiger partial charge on any atom is -0.334 e. The Morgan fingerprint density at radius 2 is 1.82 bits per heavy atom. The first-order chi connectivity index (χ1) is 10.5. The topological polar surface area (TPSA) is 38.8 Å². The van der Waals surface area contributed by atoms with E-state index in [1.165, 1.54) is 0 Å². The van der Waals surface area contributed by atoms with Gasteiger partial charge in [-0.2, -0.15) is 0 Å². The van der Waals surface area contributed by atoms with E-state index in [0.29, 0.717) is 11.6 Å². The van der Waals surface area contributed by atoms with Gasteiger partial charge in [0.05, 0.1) is 0 Å². The second-order valence-electron chi connectivity index (χ2n) is 5.92. The Morgan fingerprint density at radius 3 is 2.41 bits per heavy atom. The molecule has 6 heteroatoms. The van der Waals surface area contributed by atoms with Gasteiger partial charge in [0, 0.05) is 50.8 Å². The van der Waals surface area contributed by atoms with Crippen LogP contribution in [0.1, 0.15) is 5.56 Å². The SMILES string of the molecule is CN(C)CCN1CCN(C(=O)NCc2ccc(Cl)cc2)CC1. The first-order valence-corrected chi connectivity index (χ1v) is 8.06. The number of urea groups is 1. The van der Waals surface area contributed by atoms with Crippen LogP contribution in [0.4, 0.5) is 4.79 Å². The number of amides is 2. The number of halogens is 1. The lowest BCUT2D eigenvalue weighted by Gasteiger charge is -2.35. The molecule has 0 aliphatic carbocycles. The average Bonchev–Trinajstić information content (AvgIpc) is 2.52. The van der Waals surface area contributed by atoms with Crippen LogP contribution in [0.2, 0.25) is 5.02 Å². The minimum atomic E-state index is 0.0159. The van der Waals surface area contributed by atoms with Crippen LogP contribution >= 0.6 is 11.6 Å². The molecule has 0 radical (unpaired) electrons. The lowest BCUT2D eigenvalue weighted by molar-refractivity contribution is 0.133. The molecule has 0 spiro atoms. The maximum absolute atomic E-state index is 12.2. The van der Waals surface area contributed by atoms with Crippen molar-refractivity contribution in [1.29, 1.82) is 0 Å². The number of hydrogen-bond donors (Lipinski definition) is 1. The number of rotatable bonds is 5. The van der Waals surface area contributed by atoms with Crippen LogP contribution in [0.25, 0.3) is 0 Å². The molecule has 0 bridgehead atoms. The Kier molecular flexibility index (Phi) is 6.49. The van der Waals surface area contributed by atoms with Crippen LogP contribution in [0.5, 0.6) is 0 Å². The van der Waals surface area contributed by atoms with E-state index < -0.39 is 0 Å². The molecule has 1 fully saturated rings. The molecule has 122 valence electrons. The molecule has 1 aromatic rings. The van der Waals surface area contributed by atoms with Gasteiger partial charge in [-0.3, -0.25) is 4.90 Å². The van der Waals surface area contributed by atoms with Gasteiger partial charge in [0.1, 0.15) is 0 Å². The van der Waals surface area contributed by atoms with Gasteiger partial charge in [-0.15, -0.1) is 0 Å². The molecule has 0 saturated carbocycles. The summed E-state index contributed by atoms with van der Waals surface area (Å²) in [7, 11) is 4.17. The third-order valence-electron chi connectivity index (χ3n) is 3.88. The van der Waals surface area contributed by atoms with E-state index in [1.807, 2.05) is 29.2 Å². The van der Waals surface area contributed by atoms with Crippen LogP contribution in [0.15, 0.2) is 24.3 Å². The predicted molar refractivity (Wildman–Crippen MR) is 90.3 cm³/mol. The number of benzene rings is 1. The number of hydrogen-bond acceptors (Lipinski definition) is 3. The van der Waals surface area contributed by atoms with Gasteiger partial charge in [0.25, 0.3) is 0 Å². The molecule has 5 nitrogen and oxygen atoms in total. The zero-order chi connectivity index (χ0) is 15.9. The van der Waals surface area contributed by atoms with Crippen LogP contribution in [0, 0.1) is 0 Å². The van der Waals surface area contributed by atoms with Crippen LogP contribution in [-0.4, -0.2) is 74.1 Å². The Balaban J connectivity index is 1.69. The maximum Gasteiger partial charge on any atom is 0.317 e. The highest BCUT2D eigenvalue weighted by Crippen LogP contribution is 2.09. The van der Waals surface area contributed by atoms with Crippen molar-refractivity contribution in [2.45, 2.75) is 6.54 Å². The average molecular weight is 325 g/mol. The zero-order valence-corrected chi connectivity index (χ0v) is 14.1. The summed E-state index contributed by atoms with van der Waals surface area (Å²) in [6.45, 7) is 6.14. The fraction of sp³-hybridized carbons (Fsp3) is 0.562. The summed E-state index contributed by atoms with van der Waals surface area (Å²) in [5.41, 5.74) is 1.06. The summed E-state index contributed by atoms with van der Waals surface area (Å²) in [5, 5.41) is 3.68. The van der Waals surface area contributed by atoms with Gasteiger partial charge in [0.2, 0.25) is 0 Å². The third-order valence-corrected chi connectivity index (χ3v) is 4.13. The summed E-state index contributed by atoms with van der Waals surface area (Å²) < 4.78 is 0. The second kappa shape index (κ2) is 8.36. The van der Waals surface area contributed by atoms with Gasteiger partial charge in [-0.25, -0.2) is 4.79 Å². The van der Waals surface area contributed by atoms with E-state index >= 15 is 0 Å². The van der Waals surface area contributed by atoms with E-state index in [0.717, 1.165) is 44.8 Å². The molecular formula is C16H25ClN4O. The molecule has 1 saturated heterocycles. The van der Waals surface area contributed by atoms with E-state index in [2.05, 4.69) is 29.2 Å². The molecule has 2 amide bonds. The van der Waals surface area contributed by atoms with Gasteiger partial charge in [0.15, 0.2) is 0 Å². The summed E-state index contributed by atoms with van der Waals surface area (Å²) in [6.07, 6.45) is 0. The second-order valence-corrected chi connectivity index (χ2v) is 6.35. The maximum atomic E-state index is 12.2. The van der Waals surface area contributed by atoms with Crippen LogP contribution in [0.3, 0.4) is 0 Å². The molecule has 1 aliphatic heterocycles. The van der Waals surface area contributed by atoms with Crippen molar-refractivity contribution in [3.63, 3.8) is 0 Å². The molecule has 0 atom stereocenters. The number of carbonyl (C=O) groups excluding carboxylic acids is 1. The lowest BCUT2D eigenvalue weighted by Crippen LogP contribution is -2.52. The first kappa shape index (κ1) is 17.1. The minimum absolute atomic E-state index is 0.0159. The van der Waals surface area contributed by atoms with Crippen molar-refractivity contribution < 1.29 is 4.79 Å². The monoisotopic (exact) mass is 324 g/mol. The highest BCUT2D eigenvalue weighted by molar-refractivity contribution is 6.30. The van der Waals surface area contributed by atoms with Crippen molar-refractivity contribution in [1.82, 2.24) is 20.0 Å². The van der Waals surface area contributed by atoms with Crippen LogP contribution < -0.4 is 5.32 Å². The van der Waals surface area contributed by atoms with Crippen molar-refractivity contribution in [3.8, 4) is 0 Å². The van der Waals surface area contributed by atoms with E-state index in [9.17, 15) is 4.79 Å². The fourth-order valence-corrected chi connectivity index (χ4v) is 2.53. The van der Waals surface area contributed by atoms with Gasteiger partial charge in [-0.05, 0) is 31.8 Å². The Hall–Kier alpha value is -1.30. The molecule has 1 heterocycles. The highest BCUT2D eigenvalue weighted by Gasteiger charge is 2.20. The van der Waals surface area contributed by atoms with Gasteiger partial charge < -0.3 is 15.1 Å². The zero-order valence-electron chi connectivity index (χ0n) is 13.4. The Labute approximate surface area is 137 Å². The summed E-state index contributed by atoms with van der Waals surface area (Å²) in [6, 6.07) is 7.56. The molecule has 1 aromatic carbocycles. The molecule has 22 heavy (non-hydrogen) atoms. The summed E-state index contributed by atoms with van der Waals surface area (Å²) in [4.78, 5) is 18.7. The Morgan fingerprint density at radius 1 is 1.18 bits per heavy atom. The number of nitrogens with zero attached hydrogens (tertiary/aromatic N) is 3. The normalized spacial score (nSPS) is 16.1. The molecule has 0 aromatic heterocycles. The largest absolute Gasteiger partial charge is 0.334 e.